The van der Waals surface area contributed by atoms with Gasteiger partial charge < -0.3 is 0 Å². The van der Waals surface area contributed by atoms with Crippen LogP contribution >= 0.6 is 11.5 Å². The highest BCUT2D eigenvalue weighted by molar-refractivity contribution is 7.10. The third-order valence-electron chi connectivity index (χ3n) is 2.25. The summed E-state index contributed by atoms with van der Waals surface area (Å²) in [6.07, 6.45) is 0.812. The van der Waals surface area contributed by atoms with Gasteiger partial charge in [-0.2, -0.15) is 9.64 Å². The Morgan fingerprint density at radius 1 is 1.33 bits per heavy atom. The number of rotatable bonds is 2. The van der Waals surface area contributed by atoms with Crippen LogP contribution in [-0.2, 0) is 6.42 Å². The molecule has 3 heteroatoms. The molecule has 15 heavy (non-hydrogen) atoms. The minimum absolute atomic E-state index is 0.730. The molecule has 0 spiro atoms. The molecule has 1 heterocycles. The Morgan fingerprint density at radius 3 is 2.67 bits per heavy atom. The van der Waals surface area contributed by atoms with Crippen LogP contribution in [0.2, 0.25) is 0 Å². The normalized spacial score (nSPS) is 9.87. The SMILES string of the molecule is CCc1nsc(-c2ccccc2)c1C#N. The van der Waals surface area contributed by atoms with Crippen LogP contribution in [0.3, 0.4) is 0 Å². The number of nitriles is 1. The Morgan fingerprint density at radius 2 is 2.07 bits per heavy atom. The molecule has 0 amide bonds. The van der Waals surface area contributed by atoms with Gasteiger partial charge in [0.05, 0.1) is 16.1 Å². The molecule has 2 aromatic rings. The molecule has 0 unspecified atom stereocenters. The summed E-state index contributed by atoms with van der Waals surface area (Å²) in [5.74, 6) is 0. The van der Waals surface area contributed by atoms with E-state index in [0.29, 0.717) is 0 Å². The molecule has 1 aromatic heterocycles. The van der Waals surface area contributed by atoms with Crippen LogP contribution in [0.1, 0.15) is 18.2 Å². The van der Waals surface area contributed by atoms with Gasteiger partial charge in [0.2, 0.25) is 0 Å². The summed E-state index contributed by atoms with van der Waals surface area (Å²) in [6, 6.07) is 12.2. The molecule has 2 nitrogen and oxygen atoms in total. The van der Waals surface area contributed by atoms with Gasteiger partial charge >= 0.3 is 0 Å². The first-order valence-corrected chi connectivity index (χ1v) is 5.58. The van der Waals surface area contributed by atoms with Crippen molar-refractivity contribution in [1.29, 1.82) is 5.26 Å². The van der Waals surface area contributed by atoms with Gasteiger partial charge in [-0.1, -0.05) is 37.3 Å². The lowest BCUT2D eigenvalue weighted by molar-refractivity contribution is 1.08. The third kappa shape index (κ3) is 1.77. The molecular weight excluding hydrogens is 204 g/mol. The van der Waals surface area contributed by atoms with Crippen molar-refractivity contribution in [1.82, 2.24) is 4.37 Å². The maximum Gasteiger partial charge on any atom is 0.103 e. The zero-order valence-corrected chi connectivity index (χ0v) is 9.21. The van der Waals surface area contributed by atoms with Gasteiger partial charge in [0.1, 0.15) is 6.07 Å². The van der Waals surface area contributed by atoms with Gasteiger partial charge in [-0.3, -0.25) is 0 Å². The van der Waals surface area contributed by atoms with Gasteiger partial charge in [-0.15, -0.1) is 0 Å². The Hall–Kier alpha value is -1.66. The first-order chi connectivity index (χ1) is 7.36. The quantitative estimate of drug-likeness (QED) is 0.769. The smallest absolute Gasteiger partial charge is 0.103 e. The largest absolute Gasteiger partial charge is 0.196 e. The lowest BCUT2D eigenvalue weighted by Crippen LogP contribution is -1.84. The highest BCUT2D eigenvalue weighted by Crippen LogP contribution is 2.29. The molecule has 0 aliphatic heterocycles. The average Bonchev–Trinajstić information content (AvgIpc) is 2.72. The summed E-state index contributed by atoms with van der Waals surface area (Å²) in [5.41, 5.74) is 2.71. The van der Waals surface area contributed by atoms with Gasteiger partial charge in [0.25, 0.3) is 0 Å². The van der Waals surface area contributed by atoms with Crippen LogP contribution in [0.5, 0.6) is 0 Å². The summed E-state index contributed by atoms with van der Waals surface area (Å²) in [5, 5.41) is 9.10. The fourth-order valence-electron chi connectivity index (χ4n) is 1.47. The van der Waals surface area contributed by atoms with Crippen LogP contribution in [0.25, 0.3) is 10.4 Å². The minimum Gasteiger partial charge on any atom is -0.196 e. The van der Waals surface area contributed by atoms with Crippen molar-refractivity contribution in [3.05, 3.63) is 41.6 Å². The zero-order valence-electron chi connectivity index (χ0n) is 8.40. The predicted octanol–water partition coefficient (Wildman–Crippen LogP) is 3.24. The highest BCUT2D eigenvalue weighted by atomic mass is 32.1. The number of nitrogens with zero attached hydrogens (tertiary/aromatic N) is 2. The number of hydrogen-bond donors (Lipinski definition) is 0. The second-order valence-electron chi connectivity index (χ2n) is 3.16. The standard InChI is InChI=1S/C12H10N2S/c1-2-11-10(8-13)12(15-14-11)9-6-4-3-5-7-9/h3-7H,2H2,1H3. The molecule has 74 valence electrons. The van der Waals surface area contributed by atoms with Crippen molar-refractivity contribution in [2.24, 2.45) is 0 Å². The second kappa shape index (κ2) is 4.24. The molecule has 0 bridgehead atoms. The van der Waals surface area contributed by atoms with Crippen LogP contribution in [0.15, 0.2) is 30.3 Å². The molecule has 1 aromatic carbocycles. The van der Waals surface area contributed by atoms with Gasteiger partial charge in [0, 0.05) is 0 Å². The summed E-state index contributed by atoms with van der Waals surface area (Å²) in [4.78, 5) is 0.981. The number of benzene rings is 1. The van der Waals surface area contributed by atoms with Crippen LogP contribution in [0, 0.1) is 11.3 Å². The lowest BCUT2D eigenvalue weighted by Gasteiger charge is -1.96. The van der Waals surface area contributed by atoms with Crippen molar-refractivity contribution >= 4 is 11.5 Å². The molecule has 2 rings (SSSR count). The molecule has 0 N–H and O–H groups in total. The zero-order chi connectivity index (χ0) is 10.7. The molecular formula is C12H10N2S. The average molecular weight is 214 g/mol. The Kier molecular flexibility index (Phi) is 2.79. The fraction of sp³-hybridized carbons (Fsp3) is 0.167. The first-order valence-electron chi connectivity index (χ1n) is 4.81. The topological polar surface area (TPSA) is 36.7 Å². The first kappa shape index (κ1) is 9.88. The van der Waals surface area contributed by atoms with Gasteiger partial charge in [-0.05, 0) is 23.5 Å². The Balaban J connectivity index is 2.55. The van der Waals surface area contributed by atoms with E-state index in [-0.39, 0.29) is 0 Å². The minimum atomic E-state index is 0.730. The molecule has 0 fully saturated rings. The lowest BCUT2D eigenvalue weighted by atomic mass is 10.1. The molecule has 0 saturated heterocycles. The monoisotopic (exact) mass is 214 g/mol. The van der Waals surface area contributed by atoms with E-state index in [4.69, 9.17) is 5.26 Å². The van der Waals surface area contributed by atoms with E-state index in [9.17, 15) is 0 Å². The number of aromatic nitrogens is 1. The van der Waals surface area contributed by atoms with Gasteiger partial charge in [0.15, 0.2) is 0 Å². The Labute approximate surface area is 93.0 Å². The second-order valence-corrected chi connectivity index (χ2v) is 3.94. The van der Waals surface area contributed by atoms with Crippen molar-refractivity contribution in [2.45, 2.75) is 13.3 Å². The van der Waals surface area contributed by atoms with E-state index in [1.54, 1.807) is 0 Å². The van der Waals surface area contributed by atoms with Crippen molar-refractivity contribution in [3.8, 4) is 16.5 Å². The van der Waals surface area contributed by atoms with Gasteiger partial charge in [-0.25, -0.2) is 0 Å². The molecule has 0 aliphatic carbocycles. The third-order valence-corrected chi connectivity index (χ3v) is 3.18. The maximum absolute atomic E-state index is 9.10. The fourth-order valence-corrected chi connectivity index (χ4v) is 2.38. The summed E-state index contributed by atoms with van der Waals surface area (Å²) < 4.78 is 4.30. The van der Waals surface area contributed by atoms with E-state index in [2.05, 4.69) is 10.4 Å². The van der Waals surface area contributed by atoms with Crippen LogP contribution < -0.4 is 0 Å². The van der Waals surface area contributed by atoms with E-state index < -0.39 is 0 Å². The maximum atomic E-state index is 9.10. The van der Waals surface area contributed by atoms with E-state index >= 15 is 0 Å². The summed E-state index contributed by atoms with van der Waals surface area (Å²) >= 11 is 1.41. The Bertz CT molecular complexity index is 494. The van der Waals surface area contributed by atoms with E-state index in [1.165, 1.54) is 11.5 Å². The molecule has 0 aliphatic rings. The van der Waals surface area contributed by atoms with Crippen LogP contribution in [-0.4, -0.2) is 4.37 Å². The summed E-state index contributed by atoms with van der Waals surface area (Å²) in [7, 11) is 0. The van der Waals surface area contributed by atoms with Crippen molar-refractivity contribution < 1.29 is 0 Å². The van der Waals surface area contributed by atoms with E-state index in [1.807, 2.05) is 37.3 Å². The molecule has 0 saturated carbocycles. The number of hydrogen-bond acceptors (Lipinski definition) is 3. The number of aryl methyl sites for hydroxylation is 1. The van der Waals surface area contributed by atoms with Crippen molar-refractivity contribution in [3.63, 3.8) is 0 Å². The predicted molar refractivity (Wildman–Crippen MR) is 61.6 cm³/mol. The summed E-state index contributed by atoms with van der Waals surface area (Å²) in [6.45, 7) is 2.02. The van der Waals surface area contributed by atoms with Crippen molar-refractivity contribution in [2.75, 3.05) is 0 Å². The highest BCUT2D eigenvalue weighted by Gasteiger charge is 2.12. The van der Waals surface area contributed by atoms with E-state index in [0.717, 1.165) is 28.1 Å². The molecule has 0 radical (unpaired) electrons. The van der Waals surface area contributed by atoms with Crippen LogP contribution in [0.4, 0.5) is 0 Å². The molecule has 0 atom stereocenters.